The fourth-order valence-electron chi connectivity index (χ4n) is 2.60. The Morgan fingerprint density at radius 1 is 0.818 bits per heavy atom. The smallest absolute Gasteiger partial charge is 0.213 e. The molecule has 0 radical (unpaired) electrons. The van der Waals surface area contributed by atoms with Crippen LogP contribution in [0.1, 0.15) is 63.6 Å². The molecule has 3 rings (SSSR count). The van der Waals surface area contributed by atoms with E-state index in [1.165, 1.54) is 5.56 Å². The third-order valence-corrected chi connectivity index (χ3v) is 4.71. The first-order valence-corrected chi connectivity index (χ1v) is 11.9. The number of hydrogen-bond donors (Lipinski definition) is 0. The van der Waals surface area contributed by atoms with Gasteiger partial charge in [-0.15, -0.1) is 11.6 Å². The Bertz CT molecular complexity index is 859. The fraction of sp³-hybridized carbons (Fsp3) is 0.407. The summed E-state index contributed by atoms with van der Waals surface area (Å²) < 4.78 is 15.8. The predicted molar refractivity (Wildman–Crippen MR) is 139 cm³/mol. The second kappa shape index (κ2) is 18.8. The van der Waals surface area contributed by atoms with Crippen LogP contribution in [0.4, 0.5) is 0 Å². The van der Waals surface area contributed by atoms with Crippen molar-refractivity contribution in [1.82, 2.24) is 9.97 Å². The van der Waals surface area contributed by atoms with Crippen molar-refractivity contribution in [2.24, 2.45) is 0 Å². The number of hydrogen-bond acceptors (Lipinski definition) is 5. The van der Waals surface area contributed by atoms with Gasteiger partial charge in [-0.25, -0.2) is 4.98 Å². The molecule has 0 bridgehead atoms. The van der Waals surface area contributed by atoms with Gasteiger partial charge in [0.2, 0.25) is 5.88 Å². The Labute approximate surface area is 205 Å². The molecule has 0 aliphatic carbocycles. The Balaban J connectivity index is 0.000000710. The molecular weight excluding hydrogens is 436 g/mol. The Hall–Kier alpha value is -2.79. The molecule has 2 heterocycles. The SMILES string of the molecule is CC.CC.CCOc1ccc(C(Cl)c2ccc(OC)c(OC)c2)cn1.CCc1ccncc1. The highest BCUT2D eigenvalue weighted by molar-refractivity contribution is 6.22. The van der Waals surface area contributed by atoms with Gasteiger partial charge in [-0.1, -0.05) is 46.8 Å². The van der Waals surface area contributed by atoms with E-state index in [2.05, 4.69) is 16.9 Å². The van der Waals surface area contributed by atoms with Crippen LogP contribution in [-0.2, 0) is 6.42 Å². The molecule has 3 aromatic rings. The van der Waals surface area contributed by atoms with Crippen molar-refractivity contribution < 1.29 is 14.2 Å². The summed E-state index contributed by atoms with van der Waals surface area (Å²) in [7, 11) is 3.20. The lowest BCUT2D eigenvalue weighted by Crippen LogP contribution is -1.99. The van der Waals surface area contributed by atoms with Crippen LogP contribution in [0.5, 0.6) is 17.4 Å². The van der Waals surface area contributed by atoms with Gasteiger partial charge in [0.15, 0.2) is 11.5 Å². The normalized spacial score (nSPS) is 10.1. The zero-order chi connectivity index (χ0) is 25.1. The van der Waals surface area contributed by atoms with Gasteiger partial charge in [-0.2, -0.15) is 0 Å². The van der Waals surface area contributed by atoms with Crippen molar-refractivity contribution in [3.8, 4) is 17.4 Å². The minimum absolute atomic E-state index is 0.312. The molecule has 1 atom stereocenters. The van der Waals surface area contributed by atoms with E-state index in [4.69, 9.17) is 25.8 Å². The van der Waals surface area contributed by atoms with Gasteiger partial charge in [0.1, 0.15) is 0 Å². The van der Waals surface area contributed by atoms with Crippen LogP contribution in [0.2, 0.25) is 0 Å². The van der Waals surface area contributed by atoms with E-state index in [9.17, 15) is 0 Å². The topological polar surface area (TPSA) is 53.5 Å². The minimum Gasteiger partial charge on any atom is -0.493 e. The van der Waals surface area contributed by atoms with Crippen LogP contribution in [-0.4, -0.2) is 30.8 Å². The van der Waals surface area contributed by atoms with Crippen LogP contribution >= 0.6 is 11.6 Å². The van der Waals surface area contributed by atoms with Gasteiger partial charge in [0, 0.05) is 24.7 Å². The van der Waals surface area contributed by atoms with Gasteiger partial charge in [-0.05, 0) is 54.3 Å². The van der Waals surface area contributed by atoms with Crippen molar-refractivity contribution in [1.29, 1.82) is 0 Å². The maximum atomic E-state index is 6.51. The molecular formula is C27H39ClN2O3. The number of nitrogens with zero attached hydrogens (tertiary/aromatic N) is 2. The highest BCUT2D eigenvalue weighted by atomic mass is 35.5. The monoisotopic (exact) mass is 474 g/mol. The largest absolute Gasteiger partial charge is 0.493 e. The molecule has 0 fully saturated rings. The van der Waals surface area contributed by atoms with Crippen LogP contribution in [0, 0.1) is 0 Å². The zero-order valence-electron chi connectivity index (χ0n) is 21.3. The highest BCUT2D eigenvalue weighted by Gasteiger charge is 2.14. The summed E-state index contributed by atoms with van der Waals surface area (Å²) in [5.74, 6) is 1.92. The first-order chi connectivity index (χ1) is 16.1. The molecule has 0 aliphatic heterocycles. The van der Waals surface area contributed by atoms with Crippen LogP contribution in [0.3, 0.4) is 0 Å². The van der Waals surface area contributed by atoms with Gasteiger partial charge in [0.05, 0.1) is 26.2 Å². The predicted octanol–water partition coefficient (Wildman–Crippen LogP) is 7.52. The molecule has 33 heavy (non-hydrogen) atoms. The van der Waals surface area contributed by atoms with E-state index in [-0.39, 0.29) is 5.38 Å². The number of rotatable bonds is 7. The molecule has 0 spiro atoms. The van der Waals surface area contributed by atoms with Crippen LogP contribution in [0.25, 0.3) is 0 Å². The standard InChI is InChI=1S/C16H18ClNO3.C7H9N.2C2H6/c1-4-21-15-8-6-12(10-18-15)16(17)11-5-7-13(19-2)14(9-11)20-3;1-2-7-3-5-8-6-4-7;2*1-2/h5-10,16H,4H2,1-3H3;3-6H,2H2,1H3;2*1-2H3. The van der Waals surface area contributed by atoms with Crippen molar-refractivity contribution in [2.45, 2.75) is 53.3 Å². The summed E-state index contributed by atoms with van der Waals surface area (Å²) >= 11 is 6.51. The second-order valence-corrected chi connectivity index (χ2v) is 6.49. The summed E-state index contributed by atoms with van der Waals surface area (Å²) in [5.41, 5.74) is 3.16. The molecule has 0 saturated heterocycles. The molecule has 2 aromatic heterocycles. The lowest BCUT2D eigenvalue weighted by Gasteiger charge is -2.14. The number of aromatic nitrogens is 2. The van der Waals surface area contributed by atoms with E-state index in [1.54, 1.807) is 20.4 Å². The van der Waals surface area contributed by atoms with E-state index in [1.807, 2.05) is 89.5 Å². The average Bonchev–Trinajstić information content (AvgIpc) is 2.91. The van der Waals surface area contributed by atoms with Gasteiger partial charge >= 0.3 is 0 Å². The first-order valence-electron chi connectivity index (χ1n) is 11.5. The van der Waals surface area contributed by atoms with E-state index < -0.39 is 0 Å². The van der Waals surface area contributed by atoms with Gasteiger partial charge in [-0.3, -0.25) is 4.98 Å². The van der Waals surface area contributed by atoms with E-state index in [0.717, 1.165) is 17.5 Å². The summed E-state index contributed by atoms with van der Waals surface area (Å²) in [6.45, 7) is 12.6. The molecule has 0 amide bonds. The maximum Gasteiger partial charge on any atom is 0.213 e. The fourth-order valence-corrected chi connectivity index (χ4v) is 2.86. The third-order valence-electron chi connectivity index (χ3n) is 4.20. The molecule has 182 valence electrons. The summed E-state index contributed by atoms with van der Waals surface area (Å²) in [6, 6.07) is 13.4. The number of benzene rings is 1. The summed E-state index contributed by atoms with van der Waals surface area (Å²) in [5, 5.41) is -0.312. The second-order valence-electron chi connectivity index (χ2n) is 6.05. The lowest BCUT2D eigenvalue weighted by atomic mass is 10.1. The van der Waals surface area contributed by atoms with E-state index >= 15 is 0 Å². The minimum atomic E-state index is -0.312. The number of methoxy groups -OCH3 is 2. The quantitative estimate of drug-likeness (QED) is 0.331. The van der Waals surface area contributed by atoms with Crippen molar-refractivity contribution in [2.75, 3.05) is 20.8 Å². The van der Waals surface area contributed by atoms with Gasteiger partial charge < -0.3 is 14.2 Å². The molecule has 0 N–H and O–H groups in total. The number of alkyl halides is 1. The molecule has 0 aliphatic rings. The maximum absolute atomic E-state index is 6.51. The molecule has 1 unspecified atom stereocenters. The summed E-state index contributed by atoms with van der Waals surface area (Å²) in [4.78, 5) is 8.12. The highest BCUT2D eigenvalue weighted by Crippen LogP contribution is 2.35. The number of halogens is 1. The Morgan fingerprint density at radius 3 is 1.88 bits per heavy atom. The number of aryl methyl sites for hydroxylation is 1. The molecule has 6 heteroatoms. The van der Waals surface area contributed by atoms with Crippen molar-refractivity contribution >= 4 is 11.6 Å². The third kappa shape index (κ3) is 10.6. The molecule has 5 nitrogen and oxygen atoms in total. The van der Waals surface area contributed by atoms with Crippen molar-refractivity contribution in [3.05, 3.63) is 77.7 Å². The van der Waals surface area contributed by atoms with Gasteiger partial charge in [0.25, 0.3) is 0 Å². The summed E-state index contributed by atoms with van der Waals surface area (Å²) in [6.07, 6.45) is 6.46. The number of ether oxygens (including phenoxy) is 3. The number of pyridine rings is 2. The lowest BCUT2D eigenvalue weighted by molar-refractivity contribution is 0.326. The zero-order valence-corrected chi connectivity index (χ0v) is 22.0. The van der Waals surface area contributed by atoms with Crippen LogP contribution < -0.4 is 14.2 Å². The average molecular weight is 475 g/mol. The van der Waals surface area contributed by atoms with E-state index in [0.29, 0.717) is 24.0 Å². The Kier molecular flexibility index (Phi) is 17.2. The molecule has 0 saturated carbocycles. The first kappa shape index (κ1) is 30.2. The van der Waals surface area contributed by atoms with Crippen molar-refractivity contribution in [3.63, 3.8) is 0 Å². The van der Waals surface area contributed by atoms with Crippen LogP contribution in [0.15, 0.2) is 61.1 Å². The Morgan fingerprint density at radius 2 is 1.42 bits per heavy atom. The molecule has 1 aromatic carbocycles.